The number of ether oxygens (including phenoxy) is 4. The lowest BCUT2D eigenvalue weighted by atomic mass is 10.1. The highest BCUT2D eigenvalue weighted by Crippen LogP contribution is 2.29. The fourth-order valence-corrected chi connectivity index (χ4v) is 3.52. The summed E-state index contributed by atoms with van der Waals surface area (Å²) in [4.78, 5) is 24.8. The van der Waals surface area contributed by atoms with Crippen molar-refractivity contribution in [2.24, 2.45) is 5.10 Å². The maximum atomic E-state index is 12.6. The first kappa shape index (κ1) is 29.2. The Morgan fingerprint density at radius 1 is 0.821 bits per heavy atom. The SMILES string of the molecule is CCCCc1ccc(OCC(=O)N/N=C/c2ccc(OC(=O)c3ccc(OCCC)cc3)c(OCC)c2)cc1. The van der Waals surface area contributed by atoms with E-state index in [4.69, 9.17) is 18.9 Å². The Balaban J connectivity index is 1.53. The van der Waals surface area contributed by atoms with Crippen LogP contribution in [0.3, 0.4) is 0 Å². The van der Waals surface area contributed by atoms with Crippen LogP contribution in [0.15, 0.2) is 71.8 Å². The van der Waals surface area contributed by atoms with E-state index in [1.807, 2.05) is 38.1 Å². The molecule has 0 saturated heterocycles. The molecule has 1 amide bonds. The molecule has 0 heterocycles. The molecule has 0 aliphatic heterocycles. The van der Waals surface area contributed by atoms with Gasteiger partial charge in [-0.25, -0.2) is 10.2 Å². The topological polar surface area (TPSA) is 95.5 Å². The number of rotatable bonds is 15. The Labute approximate surface area is 229 Å². The van der Waals surface area contributed by atoms with Gasteiger partial charge in [-0.1, -0.05) is 32.4 Å². The summed E-state index contributed by atoms with van der Waals surface area (Å²) < 4.78 is 22.3. The molecule has 0 radical (unpaired) electrons. The first-order chi connectivity index (χ1) is 19.0. The van der Waals surface area contributed by atoms with Crippen molar-refractivity contribution in [1.29, 1.82) is 0 Å². The van der Waals surface area contributed by atoms with Crippen LogP contribution in [-0.4, -0.2) is 37.9 Å². The molecule has 0 saturated carbocycles. The zero-order valence-corrected chi connectivity index (χ0v) is 22.8. The number of aryl methyl sites for hydroxylation is 1. The Morgan fingerprint density at radius 2 is 1.54 bits per heavy atom. The number of hydrogen-bond donors (Lipinski definition) is 1. The third-order valence-electron chi connectivity index (χ3n) is 5.55. The standard InChI is InChI=1S/C31H36N2O6/c1-4-7-8-23-9-14-27(15-10-23)38-22-30(34)33-32-21-24-11-18-28(29(20-24)36-6-3)39-31(35)25-12-16-26(17-13-25)37-19-5-2/h9-18,20-21H,4-8,19,22H2,1-3H3,(H,33,34)/b32-21+. The predicted molar refractivity (Wildman–Crippen MR) is 151 cm³/mol. The van der Waals surface area contributed by atoms with Crippen LogP contribution in [0.1, 0.15) is 61.5 Å². The van der Waals surface area contributed by atoms with Crippen molar-refractivity contribution >= 4 is 18.1 Å². The van der Waals surface area contributed by atoms with Crippen molar-refractivity contribution in [3.63, 3.8) is 0 Å². The van der Waals surface area contributed by atoms with E-state index in [1.54, 1.807) is 42.5 Å². The van der Waals surface area contributed by atoms with E-state index in [1.165, 1.54) is 11.8 Å². The lowest BCUT2D eigenvalue weighted by Gasteiger charge is -2.12. The molecule has 39 heavy (non-hydrogen) atoms. The molecule has 0 aromatic heterocycles. The van der Waals surface area contributed by atoms with Gasteiger partial charge in [0.15, 0.2) is 18.1 Å². The maximum absolute atomic E-state index is 12.6. The number of unbranched alkanes of at least 4 members (excludes halogenated alkanes) is 1. The molecule has 8 heteroatoms. The van der Waals surface area contributed by atoms with Gasteiger partial charge in [0.2, 0.25) is 0 Å². The minimum Gasteiger partial charge on any atom is -0.494 e. The molecule has 3 aromatic rings. The number of nitrogens with zero attached hydrogens (tertiary/aromatic N) is 1. The van der Waals surface area contributed by atoms with E-state index < -0.39 is 5.97 Å². The van der Waals surface area contributed by atoms with E-state index in [0.29, 0.717) is 41.6 Å². The van der Waals surface area contributed by atoms with Gasteiger partial charge in [-0.3, -0.25) is 4.79 Å². The molecule has 0 fully saturated rings. The average molecular weight is 533 g/mol. The van der Waals surface area contributed by atoms with Crippen molar-refractivity contribution in [3.8, 4) is 23.0 Å². The van der Waals surface area contributed by atoms with Gasteiger partial charge in [0, 0.05) is 0 Å². The van der Waals surface area contributed by atoms with E-state index >= 15 is 0 Å². The Morgan fingerprint density at radius 3 is 2.23 bits per heavy atom. The quantitative estimate of drug-likeness (QED) is 0.112. The van der Waals surface area contributed by atoms with Crippen LogP contribution in [0, 0.1) is 0 Å². The second-order valence-electron chi connectivity index (χ2n) is 8.73. The number of carbonyl (C=O) groups is 2. The van der Waals surface area contributed by atoms with Crippen LogP contribution >= 0.6 is 0 Å². The van der Waals surface area contributed by atoms with Gasteiger partial charge < -0.3 is 18.9 Å². The number of hydrogen-bond acceptors (Lipinski definition) is 7. The molecule has 8 nitrogen and oxygen atoms in total. The molecule has 0 spiro atoms. The Kier molecular flexibility index (Phi) is 11.9. The third-order valence-corrected chi connectivity index (χ3v) is 5.55. The van der Waals surface area contributed by atoms with Crippen LogP contribution < -0.4 is 24.4 Å². The molecule has 0 aliphatic carbocycles. The van der Waals surface area contributed by atoms with Gasteiger partial charge in [-0.05, 0) is 91.9 Å². The molecule has 3 aromatic carbocycles. The Hall–Kier alpha value is -4.33. The predicted octanol–water partition coefficient (Wildman–Crippen LogP) is 5.97. The van der Waals surface area contributed by atoms with E-state index in [9.17, 15) is 9.59 Å². The third kappa shape index (κ3) is 9.81. The van der Waals surface area contributed by atoms with Crippen molar-refractivity contribution < 1.29 is 28.5 Å². The van der Waals surface area contributed by atoms with Gasteiger partial charge in [0.1, 0.15) is 11.5 Å². The summed E-state index contributed by atoms with van der Waals surface area (Å²) in [5.74, 6) is 1.09. The van der Waals surface area contributed by atoms with Crippen LogP contribution in [0.2, 0.25) is 0 Å². The summed E-state index contributed by atoms with van der Waals surface area (Å²) in [6, 6.07) is 19.5. The summed E-state index contributed by atoms with van der Waals surface area (Å²) >= 11 is 0. The van der Waals surface area contributed by atoms with Crippen molar-refractivity contribution in [2.45, 2.75) is 46.5 Å². The minimum atomic E-state index is -0.512. The van der Waals surface area contributed by atoms with E-state index in [2.05, 4.69) is 17.5 Å². The highest BCUT2D eigenvalue weighted by molar-refractivity contribution is 5.92. The normalized spacial score (nSPS) is 10.7. The number of hydrazone groups is 1. The summed E-state index contributed by atoms with van der Waals surface area (Å²) in [6.45, 7) is 6.86. The Bertz CT molecular complexity index is 1220. The summed E-state index contributed by atoms with van der Waals surface area (Å²) in [5.41, 5.74) is 4.74. The molecule has 206 valence electrons. The zero-order chi connectivity index (χ0) is 27.9. The monoisotopic (exact) mass is 532 g/mol. The first-order valence-electron chi connectivity index (χ1n) is 13.3. The number of carbonyl (C=O) groups excluding carboxylic acids is 2. The lowest BCUT2D eigenvalue weighted by molar-refractivity contribution is -0.123. The van der Waals surface area contributed by atoms with Crippen LogP contribution in [0.4, 0.5) is 0 Å². The average Bonchev–Trinajstić information content (AvgIpc) is 2.96. The van der Waals surface area contributed by atoms with E-state index in [-0.39, 0.29) is 18.3 Å². The highest BCUT2D eigenvalue weighted by Gasteiger charge is 2.13. The lowest BCUT2D eigenvalue weighted by Crippen LogP contribution is -2.24. The summed E-state index contributed by atoms with van der Waals surface area (Å²) in [7, 11) is 0. The van der Waals surface area contributed by atoms with Gasteiger partial charge in [0.05, 0.1) is 25.0 Å². The molecule has 0 atom stereocenters. The number of amides is 1. The van der Waals surface area contributed by atoms with Gasteiger partial charge >= 0.3 is 5.97 Å². The number of nitrogens with one attached hydrogen (secondary N) is 1. The zero-order valence-electron chi connectivity index (χ0n) is 22.8. The molecular formula is C31H36N2O6. The molecule has 0 aliphatic rings. The largest absolute Gasteiger partial charge is 0.494 e. The second kappa shape index (κ2) is 15.8. The van der Waals surface area contributed by atoms with Gasteiger partial charge in [-0.2, -0.15) is 5.10 Å². The second-order valence-corrected chi connectivity index (χ2v) is 8.73. The molecule has 3 rings (SSSR count). The first-order valence-corrected chi connectivity index (χ1v) is 13.3. The van der Waals surface area contributed by atoms with Crippen LogP contribution in [-0.2, 0) is 11.2 Å². The van der Waals surface area contributed by atoms with Crippen molar-refractivity contribution in [2.75, 3.05) is 19.8 Å². The van der Waals surface area contributed by atoms with Crippen molar-refractivity contribution in [1.82, 2.24) is 5.43 Å². The van der Waals surface area contributed by atoms with E-state index in [0.717, 1.165) is 25.7 Å². The summed E-state index contributed by atoms with van der Waals surface area (Å²) in [5, 5.41) is 3.99. The number of esters is 1. The summed E-state index contributed by atoms with van der Waals surface area (Å²) in [6.07, 6.45) is 5.70. The smallest absolute Gasteiger partial charge is 0.343 e. The van der Waals surface area contributed by atoms with Gasteiger partial charge in [-0.15, -0.1) is 0 Å². The maximum Gasteiger partial charge on any atom is 0.343 e. The fraction of sp³-hybridized carbons (Fsp3) is 0.323. The van der Waals surface area contributed by atoms with Crippen molar-refractivity contribution in [3.05, 3.63) is 83.4 Å². The molecule has 0 unspecified atom stereocenters. The number of benzene rings is 3. The van der Waals surface area contributed by atoms with Crippen LogP contribution in [0.5, 0.6) is 23.0 Å². The highest BCUT2D eigenvalue weighted by atomic mass is 16.6. The van der Waals surface area contributed by atoms with Crippen LogP contribution in [0.25, 0.3) is 0 Å². The molecule has 1 N–H and O–H groups in total. The molecule has 0 bridgehead atoms. The minimum absolute atomic E-state index is 0.156. The molecular weight excluding hydrogens is 496 g/mol. The fourth-order valence-electron chi connectivity index (χ4n) is 3.52. The van der Waals surface area contributed by atoms with Gasteiger partial charge in [0.25, 0.3) is 5.91 Å².